The Kier molecular flexibility index (Phi) is 4.88. The quantitative estimate of drug-likeness (QED) is 0.851. The van der Waals surface area contributed by atoms with Crippen molar-refractivity contribution in [1.29, 1.82) is 0 Å². The second kappa shape index (κ2) is 6.32. The molecule has 0 unspecified atom stereocenters. The number of rotatable bonds is 3. The van der Waals surface area contributed by atoms with Gasteiger partial charge in [-0.2, -0.15) is 0 Å². The van der Waals surface area contributed by atoms with Crippen molar-refractivity contribution in [2.45, 2.75) is 37.0 Å². The average Bonchev–Trinajstić information content (AvgIpc) is 2.45. The minimum absolute atomic E-state index is 0.271. The molecule has 0 bridgehead atoms. The highest BCUT2D eigenvalue weighted by Crippen LogP contribution is 2.28. The first-order valence-corrected chi connectivity index (χ1v) is 9.21. The van der Waals surface area contributed by atoms with Crippen LogP contribution in [0.15, 0.2) is 18.3 Å². The van der Waals surface area contributed by atoms with Crippen LogP contribution in [0.3, 0.4) is 0 Å². The smallest absolute Gasteiger partial charge is 0.272 e. The maximum absolute atomic E-state index is 12.5. The molecule has 1 aromatic rings. The molecule has 0 aliphatic heterocycles. The molecular formula is C14H19ClN2O3S. The highest BCUT2D eigenvalue weighted by Gasteiger charge is 2.37. The van der Waals surface area contributed by atoms with E-state index in [0.717, 1.165) is 12.8 Å². The highest BCUT2D eigenvalue weighted by molar-refractivity contribution is 7.91. The van der Waals surface area contributed by atoms with Crippen LogP contribution < -0.4 is 0 Å². The number of amides is 1. The fourth-order valence-electron chi connectivity index (χ4n) is 2.85. The van der Waals surface area contributed by atoms with E-state index in [1.54, 1.807) is 19.2 Å². The van der Waals surface area contributed by atoms with E-state index in [1.807, 2.05) is 0 Å². The molecule has 1 saturated carbocycles. The predicted molar refractivity (Wildman–Crippen MR) is 82.2 cm³/mol. The van der Waals surface area contributed by atoms with Gasteiger partial charge in [0.15, 0.2) is 9.84 Å². The van der Waals surface area contributed by atoms with Gasteiger partial charge in [-0.15, -0.1) is 0 Å². The molecule has 1 aromatic heterocycles. The summed E-state index contributed by atoms with van der Waals surface area (Å²) >= 11 is 5.76. The molecule has 1 fully saturated rings. The third kappa shape index (κ3) is 3.74. The Morgan fingerprint density at radius 2 is 2.00 bits per heavy atom. The first kappa shape index (κ1) is 16.2. The highest BCUT2D eigenvalue weighted by atomic mass is 35.5. The SMILES string of the molecule is CN(C(=O)c1ccc(Cl)cn1)[C@H]1CCCC[C@H]1S(C)(=O)=O. The average molecular weight is 331 g/mol. The molecule has 2 rings (SSSR count). The zero-order valence-electron chi connectivity index (χ0n) is 12.1. The molecule has 1 amide bonds. The molecule has 0 spiro atoms. The lowest BCUT2D eigenvalue weighted by molar-refractivity contribution is 0.0694. The normalized spacial score (nSPS) is 22.8. The van der Waals surface area contributed by atoms with Crippen LogP contribution >= 0.6 is 11.6 Å². The van der Waals surface area contributed by atoms with E-state index in [-0.39, 0.29) is 17.6 Å². The maximum atomic E-state index is 12.5. The molecular weight excluding hydrogens is 312 g/mol. The van der Waals surface area contributed by atoms with Crippen molar-refractivity contribution in [2.75, 3.05) is 13.3 Å². The van der Waals surface area contributed by atoms with Gasteiger partial charge < -0.3 is 4.90 Å². The van der Waals surface area contributed by atoms with Crippen molar-refractivity contribution in [3.63, 3.8) is 0 Å². The molecule has 5 nitrogen and oxygen atoms in total. The summed E-state index contributed by atoms with van der Waals surface area (Å²) in [5.41, 5.74) is 0.278. The molecule has 2 atom stereocenters. The van der Waals surface area contributed by atoms with Crippen molar-refractivity contribution in [1.82, 2.24) is 9.88 Å². The maximum Gasteiger partial charge on any atom is 0.272 e. The van der Waals surface area contributed by atoms with E-state index < -0.39 is 15.1 Å². The van der Waals surface area contributed by atoms with Gasteiger partial charge in [0.2, 0.25) is 0 Å². The number of hydrogen-bond acceptors (Lipinski definition) is 4. The summed E-state index contributed by atoms with van der Waals surface area (Å²) in [5, 5.41) is -0.0339. The van der Waals surface area contributed by atoms with Crippen molar-refractivity contribution >= 4 is 27.3 Å². The van der Waals surface area contributed by atoms with Crippen LogP contribution in [0, 0.1) is 0 Å². The zero-order valence-corrected chi connectivity index (χ0v) is 13.7. The minimum Gasteiger partial charge on any atom is -0.336 e. The number of nitrogens with zero attached hydrogens (tertiary/aromatic N) is 2. The summed E-state index contributed by atoms with van der Waals surface area (Å²) in [4.78, 5) is 18.0. The van der Waals surface area contributed by atoms with E-state index in [1.165, 1.54) is 17.4 Å². The minimum atomic E-state index is -3.18. The van der Waals surface area contributed by atoms with Gasteiger partial charge in [0.05, 0.1) is 10.3 Å². The van der Waals surface area contributed by atoms with Crippen LogP contribution in [-0.4, -0.2) is 48.8 Å². The van der Waals surface area contributed by atoms with Gasteiger partial charge in [0, 0.05) is 25.5 Å². The summed E-state index contributed by atoms with van der Waals surface area (Å²) < 4.78 is 23.9. The van der Waals surface area contributed by atoms with Gasteiger partial charge in [0.25, 0.3) is 5.91 Å². The molecule has 1 heterocycles. The summed E-state index contributed by atoms with van der Waals surface area (Å²) in [5.74, 6) is -0.271. The second-order valence-corrected chi connectivity index (χ2v) is 8.20. The molecule has 116 valence electrons. The zero-order chi connectivity index (χ0) is 15.6. The number of halogens is 1. The molecule has 1 aliphatic rings. The number of carbonyl (C=O) groups is 1. The fraction of sp³-hybridized carbons (Fsp3) is 0.571. The van der Waals surface area contributed by atoms with Gasteiger partial charge in [-0.3, -0.25) is 4.79 Å². The molecule has 0 N–H and O–H groups in total. The van der Waals surface area contributed by atoms with Crippen LogP contribution in [0.4, 0.5) is 0 Å². The molecule has 7 heteroatoms. The van der Waals surface area contributed by atoms with Gasteiger partial charge in [-0.05, 0) is 25.0 Å². The summed E-state index contributed by atoms with van der Waals surface area (Å²) in [6.45, 7) is 0. The van der Waals surface area contributed by atoms with Crippen LogP contribution in [-0.2, 0) is 9.84 Å². The van der Waals surface area contributed by atoms with Crippen molar-refractivity contribution in [2.24, 2.45) is 0 Å². The molecule has 0 radical (unpaired) electrons. The number of hydrogen-bond donors (Lipinski definition) is 0. The Morgan fingerprint density at radius 1 is 1.33 bits per heavy atom. The Morgan fingerprint density at radius 3 is 2.57 bits per heavy atom. The standard InChI is InChI=1S/C14H19ClN2O3S/c1-17(14(18)11-8-7-10(15)9-16-11)12-5-3-4-6-13(12)21(2,19)20/h7-9,12-13H,3-6H2,1-2H3/t12-,13+/m0/s1. The summed E-state index contributed by atoms with van der Waals surface area (Å²) in [7, 11) is -1.53. The first-order valence-electron chi connectivity index (χ1n) is 6.88. The Labute approximate surface area is 130 Å². The lowest BCUT2D eigenvalue weighted by atomic mass is 9.93. The molecule has 1 aliphatic carbocycles. The number of sulfone groups is 1. The first-order chi connectivity index (χ1) is 9.80. The number of carbonyl (C=O) groups excluding carboxylic acids is 1. The second-order valence-electron chi connectivity index (χ2n) is 5.50. The van der Waals surface area contributed by atoms with Crippen LogP contribution in [0.25, 0.3) is 0 Å². The number of aromatic nitrogens is 1. The third-order valence-corrected chi connectivity index (χ3v) is 5.86. The topological polar surface area (TPSA) is 67.3 Å². The molecule has 0 aromatic carbocycles. The third-order valence-electron chi connectivity index (χ3n) is 3.98. The fourth-order valence-corrected chi connectivity index (χ4v) is 4.45. The van der Waals surface area contributed by atoms with Crippen LogP contribution in [0.2, 0.25) is 5.02 Å². The van der Waals surface area contributed by atoms with E-state index in [2.05, 4.69) is 4.98 Å². The van der Waals surface area contributed by atoms with Gasteiger partial charge in [-0.1, -0.05) is 24.4 Å². The lowest BCUT2D eigenvalue weighted by Gasteiger charge is -2.36. The van der Waals surface area contributed by atoms with E-state index in [4.69, 9.17) is 11.6 Å². The monoisotopic (exact) mass is 330 g/mol. The van der Waals surface area contributed by atoms with E-state index in [9.17, 15) is 13.2 Å². The Balaban J connectivity index is 2.22. The summed E-state index contributed by atoms with van der Waals surface area (Å²) in [6.07, 6.45) is 5.78. The number of pyridine rings is 1. The van der Waals surface area contributed by atoms with Crippen LogP contribution in [0.1, 0.15) is 36.2 Å². The lowest BCUT2D eigenvalue weighted by Crippen LogP contribution is -2.49. The largest absolute Gasteiger partial charge is 0.336 e. The summed E-state index contributed by atoms with van der Waals surface area (Å²) in [6, 6.07) is 2.86. The van der Waals surface area contributed by atoms with Crippen molar-refractivity contribution < 1.29 is 13.2 Å². The van der Waals surface area contributed by atoms with Crippen molar-refractivity contribution in [3.05, 3.63) is 29.0 Å². The van der Waals surface area contributed by atoms with Gasteiger partial charge in [-0.25, -0.2) is 13.4 Å². The van der Waals surface area contributed by atoms with E-state index in [0.29, 0.717) is 17.9 Å². The van der Waals surface area contributed by atoms with Gasteiger partial charge in [0.1, 0.15) is 5.69 Å². The van der Waals surface area contributed by atoms with Gasteiger partial charge >= 0.3 is 0 Å². The Hall–Kier alpha value is -1.14. The Bertz CT molecular complexity index is 616. The molecule has 0 saturated heterocycles. The predicted octanol–water partition coefficient (Wildman–Crippen LogP) is 2.16. The molecule has 21 heavy (non-hydrogen) atoms. The van der Waals surface area contributed by atoms with Crippen LogP contribution in [0.5, 0.6) is 0 Å². The van der Waals surface area contributed by atoms with Crippen molar-refractivity contribution in [3.8, 4) is 0 Å². The van der Waals surface area contributed by atoms with E-state index >= 15 is 0 Å².